The number of benzene rings is 2. The molecule has 0 heterocycles. The van der Waals surface area contributed by atoms with Crippen LogP contribution in [0.2, 0.25) is 0 Å². The lowest BCUT2D eigenvalue weighted by Crippen LogP contribution is -2.08. The number of ether oxygens (including phenoxy) is 4. The van der Waals surface area contributed by atoms with E-state index in [1.54, 1.807) is 50.4 Å². The number of methoxy groups -OCH3 is 1. The minimum absolute atomic E-state index is 0.300. The highest BCUT2D eigenvalue weighted by Gasteiger charge is 2.09. The van der Waals surface area contributed by atoms with Gasteiger partial charge in [0.25, 0.3) is 0 Å². The Kier molecular flexibility index (Phi) is 12.3. The highest BCUT2D eigenvalue weighted by Crippen LogP contribution is 2.20. The smallest absolute Gasteiger partial charge is 0.343 e. The van der Waals surface area contributed by atoms with Gasteiger partial charge in [0, 0.05) is 5.57 Å². The van der Waals surface area contributed by atoms with Crippen LogP contribution >= 0.6 is 0 Å². The predicted molar refractivity (Wildman–Crippen MR) is 133 cm³/mol. The monoisotopic (exact) mass is 468 g/mol. The van der Waals surface area contributed by atoms with Gasteiger partial charge in [-0.15, -0.1) is 0 Å². The first kappa shape index (κ1) is 27.0. The zero-order valence-electron chi connectivity index (χ0n) is 20.3. The van der Waals surface area contributed by atoms with Gasteiger partial charge in [0.2, 0.25) is 0 Å². The van der Waals surface area contributed by atoms with Gasteiger partial charge < -0.3 is 18.9 Å². The van der Waals surface area contributed by atoms with E-state index < -0.39 is 5.97 Å². The van der Waals surface area contributed by atoms with E-state index in [4.69, 9.17) is 18.9 Å². The van der Waals surface area contributed by atoms with Crippen molar-refractivity contribution in [2.75, 3.05) is 20.3 Å². The molecule has 0 aliphatic carbocycles. The second-order valence-electron chi connectivity index (χ2n) is 8.18. The molecule has 0 aromatic heterocycles. The van der Waals surface area contributed by atoms with E-state index in [1.165, 1.54) is 19.3 Å². The Labute approximate surface area is 202 Å². The van der Waals surface area contributed by atoms with Gasteiger partial charge in [0.15, 0.2) is 0 Å². The third kappa shape index (κ3) is 10.6. The number of hydrogen-bond acceptors (Lipinski definition) is 6. The Morgan fingerprint density at radius 2 is 1.21 bits per heavy atom. The van der Waals surface area contributed by atoms with E-state index in [2.05, 4.69) is 6.58 Å². The van der Waals surface area contributed by atoms with Crippen LogP contribution < -0.4 is 14.2 Å². The molecule has 0 spiro atoms. The maximum absolute atomic E-state index is 12.2. The quantitative estimate of drug-likeness (QED) is 0.121. The molecule has 0 radical (unpaired) electrons. The molecular formula is C28H36O6. The van der Waals surface area contributed by atoms with Crippen LogP contribution in [-0.2, 0) is 9.53 Å². The van der Waals surface area contributed by atoms with E-state index in [0.717, 1.165) is 37.9 Å². The first-order chi connectivity index (χ1) is 16.5. The number of carbonyl (C=O) groups excluding carboxylic acids is 2. The summed E-state index contributed by atoms with van der Waals surface area (Å²) in [5, 5.41) is 0. The second-order valence-corrected chi connectivity index (χ2v) is 8.18. The van der Waals surface area contributed by atoms with Crippen molar-refractivity contribution in [3.8, 4) is 17.2 Å². The average Bonchev–Trinajstić information content (AvgIpc) is 2.85. The summed E-state index contributed by atoms with van der Waals surface area (Å²) in [5.41, 5.74) is 0.914. The average molecular weight is 469 g/mol. The predicted octanol–water partition coefficient (Wildman–Crippen LogP) is 6.53. The minimum atomic E-state index is -0.414. The van der Waals surface area contributed by atoms with E-state index in [9.17, 15) is 9.59 Å². The van der Waals surface area contributed by atoms with E-state index >= 15 is 0 Å². The number of unbranched alkanes of at least 4 members (excludes halogenated alkanes) is 7. The second kappa shape index (κ2) is 15.5. The molecule has 0 unspecified atom stereocenters. The molecule has 0 fully saturated rings. The molecule has 0 aliphatic heterocycles. The fourth-order valence-electron chi connectivity index (χ4n) is 3.24. The summed E-state index contributed by atoms with van der Waals surface area (Å²) in [5.74, 6) is 1.21. The molecular weight excluding hydrogens is 432 g/mol. The number of carbonyl (C=O) groups is 2. The summed E-state index contributed by atoms with van der Waals surface area (Å²) >= 11 is 0. The third-order valence-electron chi connectivity index (χ3n) is 5.25. The highest BCUT2D eigenvalue weighted by molar-refractivity contribution is 5.91. The van der Waals surface area contributed by atoms with Gasteiger partial charge in [0.1, 0.15) is 17.2 Å². The van der Waals surface area contributed by atoms with Crippen LogP contribution in [0.1, 0.15) is 68.6 Å². The third-order valence-corrected chi connectivity index (χ3v) is 5.25. The summed E-state index contributed by atoms with van der Waals surface area (Å²) < 4.78 is 21.4. The Hall–Kier alpha value is -3.28. The van der Waals surface area contributed by atoms with Crippen LogP contribution in [0.4, 0.5) is 0 Å². The number of hydrogen-bond donors (Lipinski definition) is 0. The van der Waals surface area contributed by atoms with Crippen molar-refractivity contribution < 1.29 is 28.5 Å². The Morgan fingerprint density at radius 1 is 0.706 bits per heavy atom. The van der Waals surface area contributed by atoms with Crippen molar-refractivity contribution in [3.05, 3.63) is 66.2 Å². The molecule has 0 N–H and O–H groups in total. The molecule has 6 nitrogen and oxygen atoms in total. The summed E-state index contributed by atoms with van der Waals surface area (Å²) in [4.78, 5) is 23.5. The summed E-state index contributed by atoms with van der Waals surface area (Å²) in [6, 6.07) is 13.9. The summed E-state index contributed by atoms with van der Waals surface area (Å²) in [7, 11) is 1.58. The normalized spacial score (nSPS) is 10.4. The topological polar surface area (TPSA) is 71.1 Å². The van der Waals surface area contributed by atoms with Gasteiger partial charge in [-0.25, -0.2) is 9.59 Å². The highest BCUT2D eigenvalue weighted by atomic mass is 16.5. The van der Waals surface area contributed by atoms with E-state index in [0.29, 0.717) is 35.8 Å². The molecule has 0 saturated heterocycles. The fourth-order valence-corrected chi connectivity index (χ4v) is 3.24. The molecule has 0 aliphatic rings. The van der Waals surface area contributed by atoms with Crippen LogP contribution in [0, 0.1) is 0 Å². The van der Waals surface area contributed by atoms with Crippen molar-refractivity contribution in [2.45, 2.75) is 58.3 Å². The van der Waals surface area contributed by atoms with Gasteiger partial charge >= 0.3 is 11.9 Å². The van der Waals surface area contributed by atoms with Crippen LogP contribution in [-0.4, -0.2) is 32.3 Å². The molecule has 0 saturated carbocycles. The number of rotatable bonds is 16. The Morgan fingerprint density at radius 3 is 1.76 bits per heavy atom. The molecule has 0 bridgehead atoms. The molecule has 2 rings (SSSR count). The van der Waals surface area contributed by atoms with Crippen LogP contribution in [0.25, 0.3) is 0 Å². The lowest BCUT2D eigenvalue weighted by Gasteiger charge is -2.08. The number of esters is 2. The Balaban J connectivity index is 1.50. The van der Waals surface area contributed by atoms with Crippen molar-refractivity contribution in [3.63, 3.8) is 0 Å². The fraction of sp³-hybridized carbons (Fsp3) is 0.429. The largest absolute Gasteiger partial charge is 0.497 e. The van der Waals surface area contributed by atoms with Gasteiger partial charge in [0.05, 0.1) is 25.9 Å². The van der Waals surface area contributed by atoms with E-state index in [1.807, 2.05) is 12.1 Å². The van der Waals surface area contributed by atoms with E-state index in [-0.39, 0.29) is 5.97 Å². The van der Waals surface area contributed by atoms with Crippen molar-refractivity contribution in [1.82, 2.24) is 0 Å². The van der Waals surface area contributed by atoms with Crippen molar-refractivity contribution >= 4 is 11.9 Å². The van der Waals surface area contributed by atoms with Gasteiger partial charge in [-0.1, -0.05) is 45.1 Å². The van der Waals surface area contributed by atoms with Crippen molar-refractivity contribution in [2.24, 2.45) is 0 Å². The Bertz CT molecular complexity index is 886. The van der Waals surface area contributed by atoms with Crippen molar-refractivity contribution in [1.29, 1.82) is 0 Å². The lowest BCUT2D eigenvalue weighted by molar-refractivity contribution is -0.139. The van der Waals surface area contributed by atoms with Crippen LogP contribution in [0.5, 0.6) is 17.2 Å². The molecule has 184 valence electrons. The van der Waals surface area contributed by atoms with Gasteiger partial charge in [-0.2, -0.15) is 0 Å². The van der Waals surface area contributed by atoms with Crippen LogP contribution in [0.15, 0.2) is 60.7 Å². The molecule has 0 amide bonds. The molecule has 2 aromatic carbocycles. The molecule has 34 heavy (non-hydrogen) atoms. The standard InChI is InChI=1S/C28H36O6/c1-22(2)27(29)33-21-11-9-7-5-4-6-8-10-20-32-25-16-18-26(19-17-25)34-28(30)23-12-14-24(31-3)15-13-23/h12-19H,1,4-11,20-21H2,2-3H3. The zero-order chi connectivity index (χ0) is 24.6. The van der Waals surface area contributed by atoms with Gasteiger partial charge in [-0.3, -0.25) is 0 Å². The molecule has 2 aromatic rings. The summed E-state index contributed by atoms with van der Waals surface area (Å²) in [6.07, 6.45) is 8.89. The first-order valence-corrected chi connectivity index (χ1v) is 11.9. The zero-order valence-corrected chi connectivity index (χ0v) is 20.3. The van der Waals surface area contributed by atoms with Crippen LogP contribution in [0.3, 0.4) is 0 Å². The maximum atomic E-state index is 12.2. The first-order valence-electron chi connectivity index (χ1n) is 11.9. The molecule has 6 heteroatoms. The lowest BCUT2D eigenvalue weighted by atomic mass is 10.1. The minimum Gasteiger partial charge on any atom is -0.497 e. The SMILES string of the molecule is C=C(C)C(=O)OCCCCCCCCCCOc1ccc(OC(=O)c2ccc(OC)cc2)cc1. The molecule has 0 atom stereocenters. The maximum Gasteiger partial charge on any atom is 0.343 e. The summed E-state index contributed by atoms with van der Waals surface area (Å²) in [6.45, 7) is 6.37. The van der Waals surface area contributed by atoms with Gasteiger partial charge in [-0.05, 0) is 68.3 Å².